The van der Waals surface area contributed by atoms with Crippen LogP contribution in [0.15, 0.2) is 0 Å². The first-order chi connectivity index (χ1) is 8.08. The summed E-state index contributed by atoms with van der Waals surface area (Å²) in [5, 5.41) is 0. The molecular weight excluding hydrogens is 222 g/mol. The Morgan fingerprint density at radius 2 is 2.24 bits per heavy atom. The maximum absolute atomic E-state index is 12.0. The number of hydrogen-bond acceptors (Lipinski definition) is 4. The predicted octanol–water partition coefficient (Wildman–Crippen LogP) is 0.823. The van der Waals surface area contributed by atoms with Crippen molar-refractivity contribution in [3.05, 3.63) is 0 Å². The average molecular weight is 243 g/mol. The van der Waals surface area contributed by atoms with Crippen LogP contribution in [0.3, 0.4) is 0 Å². The van der Waals surface area contributed by atoms with Crippen molar-refractivity contribution in [3.63, 3.8) is 0 Å². The third-order valence-corrected chi connectivity index (χ3v) is 3.11. The lowest BCUT2D eigenvalue weighted by Gasteiger charge is -2.34. The van der Waals surface area contributed by atoms with E-state index in [0.29, 0.717) is 19.7 Å². The minimum atomic E-state index is -0.298. The SMILES string of the molecule is CCC(C)C(=O)N1CCOC(CC(=O)OC)C1. The fourth-order valence-corrected chi connectivity index (χ4v) is 1.80. The minimum Gasteiger partial charge on any atom is -0.469 e. The van der Waals surface area contributed by atoms with Gasteiger partial charge in [0.05, 0.1) is 26.2 Å². The van der Waals surface area contributed by atoms with Gasteiger partial charge in [0.15, 0.2) is 0 Å². The number of nitrogens with zero attached hydrogens (tertiary/aromatic N) is 1. The number of hydrogen-bond donors (Lipinski definition) is 0. The predicted molar refractivity (Wildman–Crippen MR) is 62.4 cm³/mol. The Labute approximate surface area is 102 Å². The summed E-state index contributed by atoms with van der Waals surface area (Å²) in [5.41, 5.74) is 0. The Morgan fingerprint density at radius 1 is 1.53 bits per heavy atom. The van der Waals surface area contributed by atoms with E-state index in [-0.39, 0.29) is 30.3 Å². The molecule has 1 heterocycles. The second-order valence-corrected chi connectivity index (χ2v) is 4.37. The highest BCUT2D eigenvalue weighted by atomic mass is 16.5. The maximum Gasteiger partial charge on any atom is 0.308 e. The third-order valence-electron chi connectivity index (χ3n) is 3.11. The van der Waals surface area contributed by atoms with Gasteiger partial charge in [-0.3, -0.25) is 9.59 Å². The van der Waals surface area contributed by atoms with Crippen molar-refractivity contribution < 1.29 is 19.1 Å². The zero-order valence-corrected chi connectivity index (χ0v) is 10.8. The molecule has 0 aromatic heterocycles. The van der Waals surface area contributed by atoms with E-state index in [1.54, 1.807) is 4.90 Å². The van der Waals surface area contributed by atoms with Gasteiger partial charge in [-0.05, 0) is 6.42 Å². The first-order valence-corrected chi connectivity index (χ1v) is 6.05. The molecule has 0 saturated carbocycles. The zero-order valence-electron chi connectivity index (χ0n) is 10.8. The van der Waals surface area contributed by atoms with Crippen LogP contribution in [-0.2, 0) is 19.1 Å². The number of amides is 1. The quantitative estimate of drug-likeness (QED) is 0.686. The summed E-state index contributed by atoms with van der Waals surface area (Å²) in [6, 6.07) is 0. The van der Waals surface area contributed by atoms with Crippen molar-refractivity contribution in [2.45, 2.75) is 32.8 Å². The van der Waals surface area contributed by atoms with Crippen LogP contribution in [0, 0.1) is 5.92 Å². The molecule has 2 unspecified atom stereocenters. The Hall–Kier alpha value is -1.10. The summed E-state index contributed by atoms with van der Waals surface area (Å²) in [6.45, 7) is 5.50. The van der Waals surface area contributed by atoms with Gasteiger partial charge in [0.1, 0.15) is 0 Å². The molecule has 5 nitrogen and oxygen atoms in total. The molecule has 0 aromatic rings. The van der Waals surface area contributed by atoms with E-state index < -0.39 is 0 Å². The number of rotatable bonds is 4. The lowest BCUT2D eigenvalue weighted by atomic mass is 10.1. The van der Waals surface area contributed by atoms with E-state index in [9.17, 15) is 9.59 Å². The second kappa shape index (κ2) is 6.59. The van der Waals surface area contributed by atoms with Crippen molar-refractivity contribution >= 4 is 11.9 Å². The Balaban J connectivity index is 2.48. The van der Waals surface area contributed by atoms with Crippen molar-refractivity contribution in [3.8, 4) is 0 Å². The van der Waals surface area contributed by atoms with Crippen LogP contribution in [0.5, 0.6) is 0 Å². The fraction of sp³-hybridized carbons (Fsp3) is 0.833. The molecule has 17 heavy (non-hydrogen) atoms. The highest BCUT2D eigenvalue weighted by Crippen LogP contribution is 2.14. The molecule has 0 bridgehead atoms. The zero-order chi connectivity index (χ0) is 12.8. The smallest absolute Gasteiger partial charge is 0.308 e. The Morgan fingerprint density at radius 3 is 2.82 bits per heavy atom. The summed E-state index contributed by atoms with van der Waals surface area (Å²) >= 11 is 0. The molecule has 1 fully saturated rings. The summed E-state index contributed by atoms with van der Waals surface area (Å²) in [7, 11) is 1.35. The molecule has 1 rings (SSSR count). The second-order valence-electron chi connectivity index (χ2n) is 4.37. The van der Waals surface area contributed by atoms with Gasteiger partial charge in [0, 0.05) is 19.0 Å². The molecule has 1 amide bonds. The van der Waals surface area contributed by atoms with Crippen molar-refractivity contribution in [2.75, 3.05) is 26.8 Å². The molecule has 5 heteroatoms. The molecule has 1 aliphatic heterocycles. The van der Waals surface area contributed by atoms with Gasteiger partial charge < -0.3 is 14.4 Å². The van der Waals surface area contributed by atoms with Gasteiger partial charge in [-0.1, -0.05) is 13.8 Å². The van der Waals surface area contributed by atoms with Crippen LogP contribution in [0.2, 0.25) is 0 Å². The van der Waals surface area contributed by atoms with Crippen LogP contribution < -0.4 is 0 Å². The molecule has 1 saturated heterocycles. The van der Waals surface area contributed by atoms with E-state index in [2.05, 4.69) is 4.74 Å². The van der Waals surface area contributed by atoms with Gasteiger partial charge in [-0.15, -0.1) is 0 Å². The molecule has 0 aliphatic carbocycles. The first-order valence-electron chi connectivity index (χ1n) is 6.05. The Bertz CT molecular complexity index is 280. The van der Waals surface area contributed by atoms with Crippen LogP contribution in [0.4, 0.5) is 0 Å². The summed E-state index contributed by atoms with van der Waals surface area (Å²) in [4.78, 5) is 24.9. The van der Waals surface area contributed by atoms with Gasteiger partial charge in [0.25, 0.3) is 0 Å². The topological polar surface area (TPSA) is 55.8 Å². The average Bonchev–Trinajstić information content (AvgIpc) is 2.37. The molecule has 2 atom stereocenters. The van der Waals surface area contributed by atoms with Gasteiger partial charge in [0.2, 0.25) is 5.91 Å². The summed E-state index contributed by atoms with van der Waals surface area (Å²) in [5.74, 6) is -0.120. The molecule has 98 valence electrons. The molecular formula is C12H21NO4. The largest absolute Gasteiger partial charge is 0.469 e. The minimum absolute atomic E-state index is 0.0341. The van der Waals surface area contributed by atoms with E-state index in [1.165, 1.54) is 7.11 Å². The third kappa shape index (κ3) is 4.00. The van der Waals surface area contributed by atoms with Crippen molar-refractivity contribution in [2.24, 2.45) is 5.92 Å². The normalized spacial score (nSPS) is 22.1. The van der Waals surface area contributed by atoms with Crippen LogP contribution in [0.1, 0.15) is 26.7 Å². The van der Waals surface area contributed by atoms with Gasteiger partial charge in [-0.25, -0.2) is 0 Å². The highest BCUT2D eigenvalue weighted by Gasteiger charge is 2.27. The maximum atomic E-state index is 12.0. The molecule has 0 N–H and O–H groups in total. The number of methoxy groups -OCH3 is 1. The van der Waals surface area contributed by atoms with Crippen LogP contribution in [0.25, 0.3) is 0 Å². The standard InChI is InChI=1S/C12H21NO4/c1-4-9(2)12(15)13-5-6-17-10(8-13)7-11(14)16-3/h9-10H,4-8H2,1-3H3. The Kier molecular flexibility index (Phi) is 5.41. The van der Waals surface area contributed by atoms with Crippen molar-refractivity contribution in [1.82, 2.24) is 4.90 Å². The van der Waals surface area contributed by atoms with Crippen LogP contribution in [-0.4, -0.2) is 49.7 Å². The molecule has 1 aliphatic rings. The number of carbonyl (C=O) groups excluding carboxylic acids is 2. The van der Waals surface area contributed by atoms with Crippen molar-refractivity contribution in [1.29, 1.82) is 0 Å². The van der Waals surface area contributed by atoms with E-state index in [4.69, 9.17) is 4.74 Å². The number of morpholine rings is 1. The number of carbonyl (C=O) groups is 2. The van der Waals surface area contributed by atoms with E-state index >= 15 is 0 Å². The molecule has 0 radical (unpaired) electrons. The fourth-order valence-electron chi connectivity index (χ4n) is 1.80. The lowest BCUT2D eigenvalue weighted by molar-refractivity contribution is -0.151. The van der Waals surface area contributed by atoms with Gasteiger partial charge in [-0.2, -0.15) is 0 Å². The number of ether oxygens (including phenoxy) is 2. The first kappa shape index (κ1) is 14.0. The lowest BCUT2D eigenvalue weighted by Crippen LogP contribution is -2.48. The van der Waals surface area contributed by atoms with E-state index in [1.807, 2.05) is 13.8 Å². The van der Waals surface area contributed by atoms with Gasteiger partial charge >= 0.3 is 5.97 Å². The molecule has 0 spiro atoms. The monoisotopic (exact) mass is 243 g/mol. The summed E-state index contributed by atoms with van der Waals surface area (Å²) in [6.07, 6.45) is 0.808. The highest BCUT2D eigenvalue weighted by molar-refractivity contribution is 5.78. The van der Waals surface area contributed by atoms with E-state index in [0.717, 1.165) is 6.42 Å². The summed E-state index contributed by atoms with van der Waals surface area (Å²) < 4.78 is 10.0. The number of esters is 1. The van der Waals surface area contributed by atoms with Crippen LogP contribution >= 0.6 is 0 Å². The molecule has 0 aromatic carbocycles.